The number of hydrogen-bond acceptors (Lipinski definition) is 3. The van der Waals surface area contributed by atoms with Crippen LogP contribution in [0.3, 0.4) is 0 Å². The maximum Gasteiger partial charge on any atom is 0.123 e. The molecule has 0 radical (unpaired) electrons. The molecule has 5 rings (SSSR count). The Kier molecular flexibility index (Phi) is 2.75. The van der Waals surface area contributed by atoms with Crippen LogP contribution in [0.25, 0.3) is 0 Å². The molecule has 4 fully saturated rings. The Morgan fingerprint density at radius 2 is 2.00 bits per heavy atom. The van der Waals surface area contributed by atoms with Gasteiger partial charge in [0.2, 0.25) is 0 Å². The lowest BCUT2D eigenvalue weighted by Crippen LogP contribution is -2.48. The predicted octanol–water partition coefficient (Wildman–Crippen LogP) is 1.94. The van der Waals surface area contributed by atoms with Crippen LogP contribution in [-0.4, -0.2) is 47.0 Å². The van der Waals surface area contributed by atoms with Gasteiger partial charge in [-0.1, -0.05) is 0 Å². The van der Waals surface area contributed by atoms with E-state index in [2.05, 4.69) is 38.2 Å². The monoisotopic (exact) mass is 385 g/mol. The summed E-state index contributed by atoms with van der Waals surface area (Å²) in [4.78, 5) is 2.65. The molecule has 0 aromatic carbocycles. The summed E-state index contributed by atoms with van der Waals surface area (Å²) in [5.41, 5.74) is 1.53. The van der Waals surface area contributed by atoms with Crippen LogP contribution >= 0.6 is 22.6 Å². The van der Waals surface area contributed by atoms with Crippen LogP contribution in [0, 0.1) is 21.5 Å². The van der Waals surface area contributed by atoms with Gasteiger partial charge in [0.25, 0.3) is 0 Å². The van der Waals surface area contributed by atoms with E-state index in [1.165, 1.54) is 35.3 Å². The molecule has 4 nitrogen and oxygen atoms in total. The number of aromatic nitrogens is 2. The lowest BCUT2D eigenvalue weighted by atomic mass is 10.1. The molecule has 2 aliphatic carbocycles. The zero-order valence-electron chi connectivity index (χ0n) is 11.5. The molecular formula is C15H20IN3O. The van der Waals surface area contributed by atoms with Crippen LogP contribution in [0.15, 0.2) is 6.07 Å². The molecule has 2 saturated heterocycles. The predicted molar refractivity (Wildman–Crippen MR) is 83.6 cm³/mol. The number of hydrogen-bond donors (Lipinski definition) is 0. The van der Waals surface area contributed by atoms with Gasteiger partial charge in [0.05, 0.1) is 19.3 Å². The molecule has 1 aromatic heterocycles. The molecule has 3 heterocycles. The first-order valence-corrected chi connectivity index (χ1v) is 8.92. The summed E-state index contributed by atoms with van der Waals surface area (Å²) in [6.07, 6.45) is 2.81. The number of likely N-dealkylation sites (tertiary alicyclic amines) is 1. The van der Waals surface area contributed by atoms with E-state index in [0.717, 1.165) is 49.5 Å². The molecule has 2 unspecified atom stereocenters. The highest BCUT2D eigenvalue weighted by Gasteiger charge is 2.58. The first-order chi connectivity index (χ1) is 9.79. The summed E-state index contributed by atoms with van der Waals surface area (Å²) in [5.74, 6) is 3.48. The van der Waals surface area contributed by atoms with Gasteiger partial charge < -0.3 is 4.74 Å². The Balaban J connectivity index is 1.31. The molecule has 0 bridgehead atoms. The lowest BCUT2D eigenvalue weighted by Gasteiger charge is -2.35. The molecule has 0 N–H and O–H groups in total. The quantitative estimate of drug-likeness (QED) is 0.743. The van der Waals surface area contributed by atoms with E-state index in [1.54, 1.807) is 0 Å². The smallest absolute Gasteiger partial charge is 0.123 e. The first-order valence-electron chi connectivity index (χ1n) is 7.84. The average molecular weight is 385 g/mol. The zero-order chi connectivity index (χ0) is 13.3. The summed E-state index contributed by atoms with van der Waals surface area (Å²) >= 11 is 2.37. The van der Waals surface area contributed by atoms with Crippen LogP contribution in [0.4, 0.5) is 0 Å². The molecule has 5 heteroatoms. The van der Waals surface area contributed by atoms with Gasteiger partial charge in [-0.05, 0) is 59.3 Å². The number of rotatable bonds is 4. The highest BCUT2D eigenvalue weighted by molar-refractivity contribution is 14.1. The van der Waals surface area contributed by atoms with Crippen LogP contribution in [-0.2, 0) is 11.3 Å². The van der Waals surface area contributed by atoms with Gasteiger partial charge in [-0.3, -0.25) is 9.58 Å². The zero-order valence-corrected chi connectivity index (χ0v) is 13.7. The number of piperidine rings is 1. The highest BCUT2D eigenvalue weighted by atomic mass is 127. The van der Waals surface area contributed by atoms with Crippen molar-refractivity contribution in [3.63, 3.8) is 0 Å². The number of nitrogens with zero attached hydrogens (tertiary/aromatic N) is 3. The van der Waals surface area contributed by atoms with Gasteiger partial charge in [0.1, 0.15) is 3.70 Å². The second-order valence-electron chi connectivity index (χ2n) is 7.02. The number of ether oxygens (including phenoxy) is 1. The fourth-order valence-electron chi connectivity index (χ4n) is 4.09. The highest BCUT2D eigenvalue weighted by Crippen LogP contribution is 2.58. The van der Waals surface area contributed by atoms with Crippen molar-refractivity contribution < 1.29 is 4.74 Å². The molecule has 2 atom stereocenters. The van der Waals surface area contributed by atoms with Crippen molar-refractivity contribution in [3.8, 4) is 0 Å². The van der Waals surface area contributed by atoms with Crippen molar-refractivity contribution in [2.75, 3.05) is 26.3 Å². The van der Waals surface area contributed by atoms with E-state index in [4.69, 9.17) is 9.84 Å². The first kappa shape index (κ1) is 12.4. The van der Waals surface area contributed by atoms with Gasteiger partial charge in [-0.2, -0.15) is 5.10 Å². The SMILES string of the molecule is Ic1cc(C2C3CN(C4COC4)CC32)n(CC2CC2)n1. The van der Waals surface area contributed by atoms with E-state index >= 15 is 0 Å². The van der Waals surface area contributed by atoms with Gasteiger partial charge in [0.15, 0.2) is 0 Å². The normalized spacial score (nSPS) is 37.0. The molecule has 20 heavy (non-hydrogen) atoms. The summed E-state index contributed by atoms with van der Waals surface area (Å²) in [7, 11) is 0. The molecule has 108 valence electrons. The van der Waals surface area contributed by atoms with Crippen molar-refractivity contribution in [2.24, 2.45) is 17.8 Å². The van der Waals surface area contributed by atoms with Crippen LogP contribution in [0.5, 0.6) is 0 Å². The minimum absolute atomic E-state index is 0.722. The summed E-state index contributed by atoms with van der Waals surface area (Å²) in [5, 5.41) is 4.73. The van der Waals surface area contributed by atoms with Crippen molar-refractivity contribution >= 4 is 22.6 Å². The lowest BCUT2D eigenvalue weighted by molar-refractivity contribution is -0.0610. The minimum atomic E-state index is 0.722. The fourth-order valence-corrected chi connectivity index (χ4v) is 4.67. The third-order valence-corrected chi connectivity index (χ3v) is 6.14. The largest absolute Gasteiger partial charge is 0.378 e. The molecule has 4 aliphatic rings. The van der Waals surface area contributed by atoms with E-state index in [0.29, 0.717) is 0 Å². The summed E-state index contributed by atoms with van der Waals surface area (Å²) < 4.78 is 8.83. The van der Waals surface area contributed by atoms with Crippen molar-refractivity contribution in [1.29, 1.82) is 0 Å². The molecular weight excluding hydrogens is 365 g/mol. The van der Waals surface area contributed by atoms with Crippen molar-refractivity contribution in [2.45, 2.75) is 31.3 Å². The Bertz CT molecular complexity index is 525. The Morgan fingerprint density at radius 3 is 2.60 bits per heavy atom. The van der Waals surface area contributed by atoms with E-state index in [-0.39, 0.29) is 0 Å². The third kappa shape index (κ3) is 1.96. The van der Waals surface area contributed by atoms with Crippen LogP contribution in [0.1, 0.15) is 24.5 Å². The van der Waals surface area contributed by atoms with Crippen LogP contribution in [0.2, 0.25) is 0 Å². The molecule has 2 saturated carbocycles. The second-order valence-corrected chi connectivity index (χ2v) is 8.12. The summed E-state index contributed by atoms with van der Waals surface area (Å²) in [6.45, 7) is 5.65. The van der Waals surface area contributed by atoms with E-state index in [9.17, 15) is 0 Å². The van der Waals surface area contributed by atoms with Gasteiger partial charge in [0, 0.05) is 31.2 Å². The van der Waals surface area contributed by atoms with E-state index in [1.807, 2.05) is 0 Å². The molecule has 2 aliphatic heterocycles. The number of halogens is 1. The standard InChI is InChI=1S/C15H20IN3O/c16-14-3-13(19(17-14)4-9-1-2-9)15-11-5-18(6-12(11)15)10-7-20-8-10/h3,9-12,15H,1-2,4-8H2. The maximum absolute atomic E-state index is 5.33. The molecule has 0 spiro atoms. The maximum atomic E-state index is 5.33. The fraction of sp³-hybridized carbons (Fsp3) is 0.800. The number of fused-ring (bicyclic) bond motifs is 1. The van der Waals surface area contributed by atoms with E-state index < -0.39 is 0 Å². The second kappa shape index (κ2) is 4.43. The topological polar surface area (TPSA) is 30.3 Å². The Labute approximate surface area is 133 Å². The third-order valence-electron chi connectivity index (χ3n) is 5.61. The molecule has 0 amide bonds. The Hall–Kier alpha value is -0.140. The Morgan fingerprint density at radius 1 is 1.25 bits per heavy atom. The van der Waals surface area contributed by atoms with Crippen LogP contribution < -0.4 is 0 Å². The average Bonchev–Trinajstić information content (AvgIpc) is 3.20. The minimum Gasteiger partial charge on any atom is -0.378 e. The van der Waals surface area contributed by atoms with Crippen molar-refractivity contribution in [3.05, 3.63) is 15.5 Å². The van der Waals surface area contributed by atoms with Gasteiger partial charge >= 0.3 is 0 Å². The van der Waals surface area contributed by atoms with Gasteiger partial charge in [-0.25, -0.2) is 0 Å². The summed E-state index contributed by atoms with van der Waals surface area (Å²) in [6, 6.07) is 3.06. The molecule has 1 aromatic rings. The van der Waals surface area contributed by atoms with Gasteiger partial charge in [-0.15, -0.1) is 0 Å². The van der Waals surface area contributed by atoms with Crippen molar-refractivity contribution in [1.82, 2.24) is 14.7 Å².